The predicted octanol–water partition coefficient (Wildman–Crippen LogP) is 3.06. The van der Waals surface area contributed by atoms with Gasteiger partial charge >= 0.3 is 6.61 Å². The van der Waals surface area contributed by atoms with E-state index in [0.717, 1.165) is 17.8 Å². The summed E-state index contributed by atoms with van der Waals surface area (Å²) in [5.41, 5.74) is 6.97. The Kier molecular flexibility index (Phi) is 4.86. The van der Waals surface area contributed by atoms with E-state index in [1.807, 2.05) is 18.2 Å². The van der Waals surface area contributed by atoms with E-state index in [-0.39, 0.29) is 5.69 Å². The van der Waals surface area contributed by atoms with Gasteiger partial charge in [-0.1, -0.05) is 6.07 Å². The number of nitrogens with one attached hydrogen (secondary N) is 1. The van der Waals surface area contributed by atoms with Gasteiger partial charge in [-0.05, 0) is 12.1 Å². The van der Waals surface area contributed by atoms with Crippen LogP contribution in [0.1, 0.15) is 5.69 Å². The molecule has 2 rings (SSSR count). The molecule has 0 saturated heterocycles. The number of halogens is 3. The van der Waals surface area contributed by atoms with Crippen molar-refractivity contribution >= 4 is 11.4 Å². The molecule has 0 amide bonds. The fourth-order valence-electron chi connectivity index (χ4n) is 1.78. The molecule has 1 aromatic heterocycles. The van der Waals surface area contributed by atoms with Crippen LogP contribution in [-0.2, 0) is 6.42 Å². The monoisotopic (exact) mass is 297 g/mol. The van der Waals surface area contributed by atoms with Crippen LogP contribution >= 0.6 is 0 Å². The Morgan fingerprint density at radius 3 is 2.76 bits per heavy atom. The number of nitrogens with two attached hydrogens (primary N) is 1. The van der Waals surface area contributed by atoms with E-state index < -0.39 is 18.2 Å². The van der Waals surface area contributed by atoms with Crippen LogP contribution in [0.3, 0.4) is 0 Å². The van der Waals surface area contributed by atoms with Crippen LogP contribution in [0, 0.1) is 5.82 Å². The minimum atomic E-state index is -3.09. The van der Waals surface area contributed by atoms with Crippen LogP contribution in [0.25, 0.3) is 0 Å². The Balaban J connectivity index is 2.02. The fourth-order valence-corrected chi connectivity index (χ4v) is 1.78. The Morgan fingerprint density at radius 1 is 1.29 bits per heavy atom. The fraction of sp³-hybridized carbons (Fsp3) is 0.214. The topological polar surface area (TPSA) is 60.2 Å². The molecule has 0 aliphatic carbocycles. The predicted molar refractivity (Wildman–Crippen MR) is 73.9 cm³/mol. The minimum absolute atomic E-state index is 0.120. The molecule has 3 N–H and O–H groups in total. The van der Waals surface area contributed by atoms with Crippen LogP contribution < -0.4 is 15.8 Å². The maximum atomic E-state index is 13.4. The van der Waals surface area contributed by atoms with Crippen LogP contribution in [0.4, 0.5) is 24.5 Å². The number of rotatable bonds is 6. The third-order valence-electron chi connectivity index (χ3n) is 2.74. The first kappa shape index (κ1) is 15.0. The molecular weight excluding hydrogens is 283 g/mol. The van der Waals surface area contributed by atoms with Gasteiger partial charge in [0.2, 0.25) is 0 Å². The molecule has 0 radical (unpaired) electrons. The van der Waals surface area contributed by atoms with Crippen LogP contribution in [0.5, 0.6) is 5.75 Å². The van der Waals surface area contributed by atoms with Gasteiger partial charge in [0.05, 0.1) is 11.4 Å². The minimum Gasteiger partial charge on any atom is -0.432 e. The quantitative estimate of drug-likeness (QED) is 0.805. The third-order valence-corrected chi connectivity index (χ3v) is 2.74. The molecule has 4 nitrogen and oxygen atoms in total. The van der Waals surface area contributed by atoms with Crippen LogP contribution in [0.15, 0.2) is 36.5 Å². The number of alkyl halides is 2. The van der Waals surface area contributed by atoms with E-state index in [4.69, 9.17) is 5.73 Å². The number of benzene rings is 1. The highest BCUT2D eigenvalue weighted by molar-refractivity contribution is 5.68. The Bertz CT molecular complexity index is 594. The molecular formula is C14H14F3N3O. The number of pyridine rings is 1. The zero-order valence-electron chi connectivity index (χ0n) is 11.0. The standard InChI is InChI=1S/C14H14F3N3O/c15-10-7-11(18)12(8-13(10)21-14(16)17)20-6-4-9-3-1-2-5-19-9/h1-3,5,7-8,14,20H,4,6,18H2. The zero-order chi connectivity index (χ0) is 15.2. The molecule has 1 aromatic carbocycles. The molecule has 0 bridgehead atoms. The molecule has 0 aliphatic rings. The second-order valence-electron chi connectivity index (χ2n) is 4.25. The number of aromatic nitrogens is 1. The lowest BCUT2D eigenvalue weighted by atomic mass is 10.2. The van der Waals surface area contributed by atoms with Crippen molar-refractivity contribution in [3.63, 3.8) is 0 Å². The molecule has 0 fully saturated rings. The van der Waals surface area contributed by atoms with Crippen LogP contribution in [-0.4, -0.2) is 18.1 Å². The number of hydrogen-bond acceptors (Lipinski definition) is 4. The van der Waals surface area contributed by atoms with Crippen molar-refractivity contribution in [3.8, 4) is 5.75 Å². The van der Waals surface area contributed by atoms with Gasteiger partial charge in [0, 0.05) is 37.0 Å². The van der Waals surface area contributed by atoms with Crippen molar-refractivity contribution in [2.24, 2.45) is 0 Å². The summed E-state index contributed by atoms with van der Waals surface area (Å²) in [6.45, 7) is -2.62. The van der Waals surface area contributed by atoms with Gasteiger partial charge in [0.15, 0.2) is 11.6 Å². The van der Waals surface area contributed by atoms with E-state index in [0.29, 0.717) is 18.7 Å². The number of nitrogen functional groups attached to an aromatic ring is 1. The number of nitrogens with zero attached hydrogens (tertiary/aromatic N) is 1. The molecule has 0 aliphatic heterocycles. The zero-order valence-corrected chi connectivity index (χ0v) is 11.0. The van der Waals surface area contributed by atoms with Gasteiger partial charge < -0.3 is 15.8 Å². The van der Waals surface area contributed by atoms with Crippen molar-refractivity contribution in [1.82, 2.24) is 4.98 Å². The maximum Gasteiger partial charge on any atom is 0.387 e. The summed E-state index contributed by atoms with van der Waals surface area (Å²) in [6.07, 6.45) is 2.29. The summed E-state index contributed by atoms with van der Waals surface area (Å²) in [5, 5.41) is 2.95. The number of hydrogen-bond donors (Lipinski definition) is 2. The lowest BCUT2D eigenvalue weighted by molar-refractivity contribution is -0.0521. The highest BCUT2D eigenvalue weighted by Gasteiger charge is 2.13. The first-order chi connectivity index (χ1) is 10.1. The van der Waals surface area contributed by atoms with Gasteiger partial charge in [-0.25, -0.2) is 4.39 Å². The highest BCUT2D eigenvalue weighted by Crippen LogP contribution is 2.29. The second kappa shape index (κ2) is 6.83. The number of ether oxygens (including phenoxy) is 1. The van der Waals surface area contributed by atoms with Crippen molar-refractivity contribution in [2.45, 2.75) is 13.0 Å². The van der Waals surface area contributed by atoms with Crippen molar-refractivity contribution in [1.29, 1.82) is 0 Å². The maximum absolute atomic E-state index is 13.4. The number of anilines is 2. The van der Waals surface area contributed by atoms with Crippen molar-refractivity contribution in [2.75, 3.05) is 17.6 Å². The first-order valence-electron chi connectivity index (χ1n) is 6.24. The summed E-state index contributed by atoms with van der Waals surface area (Å²) in [5.74, 6) is -1.47. The molecule has 0 unspecified atom stereocenters. The van der Waals surface area contributed by atoms with E-state index >= 15 is 0 Å². The van der Waals surface area contributed by atoms with E-state index in [2.05, 4.69) is 15.0 Å². The average molecular weight is 297 g/mol. The van der Waals surface area contributed by atoms with Gasteiger partial charge in [-0.3, -0.25) is 4.98 Å². The molecule has 112 valence electrons. The van der Waals surface area contributed by atoms with E-state index in [1.54, 1.807) is 6.20 Å². The summed E-state index contributed by atoms with van der Waals surface area (Å²) in [7, 11) is 0. The van der Waals surface area contributed by atoms with Crippen molar-refractivity contribution in [3.05, 3.63) is 48.0 Å². The Labute approximate surface area is 119 Å². The Hall–Kier alpha value is -2.44. The lowest BCUT2D eigenvalue weighted by Crippen LogP contribution is -2.10. The third kappa shape index (κ3) is 4.27. The smallest absolute Gasteiger partial charge is 0.387 e. The Morgan fingerprint density at radius 2 is 2.10 bits per heavy atom. The highest BCUT2D eigenvalue weighted by atomic mass is 19.3. The summed E-state index contributed by atoms with van der Waals surface area (Å²) >= 11 is 0. The van der Waals surface area contributed by atoms with Crippen LogP contribution in [0.2, 0.25) is 0 Å². The van der Waals surface area contributed by atoms with Gasteiger partial charge in [0.25, 0.3) is 0 Å². The largest absolute Gasteiger partial charge is 0.432 e. The molecule has 21 heavy (non-hydrogen) atoms. The summed E-state index contributed by atoms with van der Waals surface area (Å²) in [4.78, 5) is 4.15. The summed E-state index contributed by atoms with van der Waals surface area (Å²) < 4.78 is 41.8. The first-order valence-corrected chi connectivity index (χ1v) is 6.24. The molecule has 0 atom stereocenters. The van der Waals surface area contributed by atoms with Gasteiger partial charge in [-0.2, -0.15) is 8.78 Å². The van der Waals surface area contributed by atoms with Gasteiger partial charge in [-0.15, -0.1) is 0 Å². The summed E-state index contributed by atoms with van der Waals surface area (Å²) in [6, 6.07) is 7.60. The molecule has 1 heterocycles. The molecule has 0 saturated carbocycles. The molecule has 7 heteroatoms. The normalized spacial score (nSPS) is 10.7. The van der Waals surface area contributed by atoms with E-state index in [9.17, 15) is 13.2 Å². The van der Waals surface area contributed by atoms with Crippen molar-refractivity contribution < 1.29 is 17.9 Å². The van der Waals surface area contributed by atoms with E-state index in [1.165, 1.54) is 0 Å². The van der Waals surface area contributed by atoms with Gasteiger partial charge in [0.1, 0.15) is 0 Å². The lowest BCUT2D eigenvalue weighted by Gasteiger charge is -2.12. The molecule has 0 spiro atoms. The second-order valence-corrected chi connectivity index (χ2v) is 4.25. The molecule has 2 aromatic rings. The average Bonchev–Trinajstić information content (AvgIpc) is 2.44. The SMILES string of the molecule is Nc1cc(F)c(OC(F)F)cc1NCCc1ccccn1.